The van der Waals surface area contributed by atoms with E-state index >= 15 is 0 Å². The highest BCUT2D eigenvalue weighted by Crippen LogP contribution is 2.15. The number of hydrogen-bond acceptors (Lipinski definition) is 3. The number of nitrogens with one attached hydrogen (secondary N) is 1. The summed E-state index contributed by atoms with van der Waals surface area (Å²) in [6.07, 6.45) is 1.70. The number of nitrogens with zero attached hydrogens (tertiary/aromatic N) is 2. The van der Waals surface area contributed by atoms with E-state index in [2.05, 4.69) is 22.1 Å². The van der Waals surface area contributed by atoms with Gasteiger partial charge >= 0.3 is 0 Å². The molecule has 0 aromatic carbocycles. The third-order valence-electron chi connectivity index (χ3n) is 2.40. The maximum Gasteiger partial charge on any atom is 0.128 e. The zero-order chi connectivity index (χ0) is 9.97. The van der Waals surface area contributed by atoms with Crippen LogP contribution in [0.2, 0.25) is 5.02 Å². The van der Waals surface area contributed by atoms with E-state index in [1.807, 2.05) is 12.1 Å². The van der Waals surface area contributed by atoms with E-state index in [-0.39, 0.29) is 17.0 Å². The molecular formula is C10H15BrClN3. The van der Waals surface area contributed by atoms with Crippen LogP contribution in [0, 0.1) is 0 Å². The van der Waals surface area contributed by atoms with Gasteiger partial charge in [-0.05, 0) is 19.1 Å². The summed E-state index contributed by atoms with van der Waals surface area (Å²) in [5, 5.41) is 4.09. The van der Waals surface area contributed by atoms with Gasteiger partial charge in [0.25, 0.3) is 0 Å². The molecule has 0 bridgehead atoms. The van der Waals surface area contributed by atoms with Crippen LogP contribution in [0.25, 0.3) is 0 Å². The molecule has 1 fully saturated rings. The summed E-state index contributed by atoms with van der Waals surface area (Å²) in [7, 11) is 0. The van der Waals surface area contributed by atoms with Crippen LogP contribution in [0.4, 0.5) is 5.82 Å². The molecule has 1 aromatic rings. The first-order chi connectivity index (χ1) is 6.75. The summed E-state index contributed by atoms with van der Waals surface area (Å²) >= 11 is 5.79. The summed E-state index contributed by atoms with van der Waals surface area (Å²) in [5.41, 5.74) is 0. The first kappa shape index (κ1) is 12.7. The average Bonchev–Trinajstić information content (AvgIpc) is 2.19. The Hall–Kier alpha value is -0.320. The van der Waals surface area contributed by atoms with Crippen molar-refractivity contribution in [3.63, 3.8) is 0 Å². The summed E-state index contributed by atoms with van der Waals surface area (Å²) in [4.78, 5) is 6.58. The second-order valence-electron chi connectivity index (χ2n) is 3.64. The third-order valence-corrected chi connectivity index (χ3v) is 2.63. The molecule has 1 saturated heterocycles. The normalized spacial score (nSPS) is 20.9. The Balaban J connectivity index is 0.00000112. The minimum absolute atomic E-state index is 0. The molecule has 0 radical (unpaired) electrons. The predicted molar refractivity (Wildman–Crippen MR) is 69.2 cm³/mol. The third kappa shape index (κ3) is 3.33. The van der Waals surface area contributed by atoms with Gasteiger partial charge in [0.15, 0.2) is 0 Å². The quantitative estimate of drug-likeness (QED) is 0.859. The highest BCUT2D eigenvalue weighted by Gasteiger charge is 2.16. The first-order valence-corrected chi connectivity index (χ1v) is 5.23. The van der Waals surface area contributed by atoms with Gasteiger partial charge in [0.2, 0.25) is 0 Å². The Kier molecular flexibility index (Phi) is 4.83. The Morgan fingerprint density at radius 1 is 1.53 bits per heavy atom. The maximum atomic E-state index is 5.79. The lowest BCUT2D eigenvalue weighted by Crippen LogP contribution is -2.49. The van der Waals surface area contributed by atoms with Gasteiger partial charge in [-0.2, -0.15) is 0 Å². The first-order valence-electron chi connectivity index (χ1n) is 4.85. The van der Waals surface area contributed by atoms with Gasteiger partial charge in [-0.25, -0.2) is 4.98 Å². The number of hydrogen-bond donors (Lipinski definition) is 1. The van der Waals surface area contributed by atoms with E-state index in [0.717, 1.165) is 25.5 Å². The second-order valence-corrected chi connectivity index (χ2v) is 4.07. The number of aromatic nitrogens is 1. The number of pyridine rings is 1. The molecule has 1 N–H and O–H groups in total. The minimum Gasteiger partial charge on any atom is -0.354 e. The Bertz CT molecular complexity index is 304. The van der Waals surface area contributed by atoms with Gasteiger partial charge in [-0.3, -0.25) is 0 Å². The average molecular weight is 293 g/mol. The van der Waals surface area contributed by atoms with Gasteiger partial charge < -0.3 is 10.2 Å². The molecule has 2 rings (SSSR count). The van der Waals surface area contributed by atoms with E-state index < -0.39 is 0 Å². The van der Waals surface area contributed by atoms with E-state index in [9.17, 15) is 0 Å². The summed E-state index contributed by atoms with van der Waals surface area (Å²) in [5.74, 6) is 1.02. The van der Waals surface area contributed by atoms with Crippen molar-refractivity contribution in [2.75, 3.05) is 24.5 Å². The molecule has 5 heteroatoms. The maximum absolute atomic E-state index is 5.79. The van der Waals surface area contributed by atoms with Crippen LogP contribution in [0.15, 0.2) is 18.3 Å². The van der Waals surface area contributed by atoms with Crippen LogP contribution in [0.1, 0.15) is 6.92 Å². The Labute approximate surface area is 106 Å². The van der Waals surface area contributed by atoms with E-state index in [4.69, 9.17) is 11.6 Å². The van der Waals surface area contributed by atoms with E-state index in [1.54, 1.807) is 6.20 Å². The van der Waals surface area contributed by atoms with Crippen molar-refractivity contribution in [3.05, 3.63) is 23.4 Å². The molecule has 0 spiro atoms. The molecule has 15 heavy (non-hydrogen) atoms. The summed E-state index contributed by atoms with van der Waals surface area (Å²) in [6, 6.07) is 4.39. The van der Waals surface area contributed by atoms with Gasteiger partial charge in [0.1, 0.15) is 5.82 Å². The smallest absolute Gasteiger partial charge is 0.128 e. The number of anilines is 1. The standard InChI is InChI=1S/C10H14ClN3.BrH/c1-8-7-14(5-4-12-8)10-3-2-9(11)6-13-10;/h2-3,6,8,12H,4-5,7H2,1H3;1H/t8-;/m1./s1. The fourth-order valence-electron chi connectivity index (χ4n) is 1.70. The molecule has 1 aromatic heterocycles. The zero-order valence-corrected chi connectivity index (χ0v) is 11.1. The molecule has 84 valence electrons. The van der Waals surface area contributed by atoms with Gasteiger partial charge in [0.05, 0.1) is 5.02 Å². The van der Waals surface area contributed by atoms with Crippen molar-refractivity contribution < 1.29 is 0 Å². The second kappa shape index (κ2) is 5.68. The largest absolute Gasteiger partial charge is 0.354 e. The molecule has 3 nitrogen and oxygen atoms in total. The number of rotatable bonds is 1. The van der Waals surface area contributed by atoms with Crippen molar-refractivity contribution >= 4 is 34.4 Å². The highest BCUT2D eigenvalue weighted by molar-refractivity contribution is 8.93. The Morgan fingerprint density at radius 3 is 2.93 bits per heavy atom. The van der Waals surface area contributed by atoms with Gasteiger partial charge in [-0.15, -0.1) is 17.0 Å². The molecule has 0 aliphatic carbocycles. The molecule has 0 amide bonds. The van der Waals surface area contributed by atoms with E-state index in [1.165, 1.54) is 0 Å². The minimum atomic E-state index is 0. The van der Waals surface area contributed by atoms with Gasteiger partial charge in [-0.1, -0.05) is 11.6 Å². The molecule has 1 atom stereocenters. The van der Waals surface area contributed by atoms with E-state index in [0.29, 0.717) is 11.1 Å². The highest BCUT2D eigenvalue weighted by atomic mass is 79.9. The predicted octanol–water partition coefficient (Wildman–Crippen LogP) is 2.11. The van der Waals surface area contributed by atoms with Crippen molar-refractivity contribution in [1.29, 1.82) is 0 Å². The number of piperazine rings is 1. The monoisotopic (exact) mass is 291 g/mol. The van der Waals surface area contributed by atoms with Crippen LogP contribution >= 0.6 is 28.6 Å². The summed E-state index contributed by atoms with van der Waals surface area (Å²) in [6.45, 7) is 5.22. The molecular weight excluding hydrogens is 277 g/mol. The topological polar surface area (TPSA) is 28.2 Å². The molecule has 2 heterocycles. The van der Waals surface area contributed by atoms with Crippen molar-refractivity contribution in [3.8, 4) is 0 Å². The lowest BCUT2D eigenvalue weighted by Gasteiger charge is -2.32. The van der Waals surface area contributed by atoms with Gasteiger partial charge in [0, 0.05) is 31.9 Å². The number of halogens is 2. The lowest BCUT2D eigenvalue weighted by atomic mass is 10.2. The SMILES string of the molecule is Br.C[C@@H]1CN(c2ccc(Cl)cn2)CCN1. The van der Waals surface area contributed by atoms with Crippen LogP contribution in [-0.4, -0.2) is 30.7 Å². The van der Waals surface area contributed by atoms with Crippen LogP contribution < -0.4 is 10.2 Å². The Morgan fingerprint density at radius 2 is 2.33 bits per heavy atom. The molecule has 1 aliphatic rings. The van der Waals surface area contributed by atoms with Crippen molar-refractivity contribution in [1.82, 2.24) is 10.3 Å². The lowest BCUT2D eigenvalue weighted by molar-refractivity contribution is 0.482. The molecule has 0 saturated carbocycles. The van der Waals surface area contributed by atoms with Crippen molar-refractivity contribution in [2.45, 2.75) is 13.0 Å². The molecule has 0 unspecified atom stereocenters. The summed E-state index contributed by atoms with van der Waals surface area (Å²) < 4.78 is 0. The van der Waals surface area contributed by atoms with Crippen LogP contribution in [0.3, 0.4) is 0 Å². The van der Waals surface area contributed by atoms with Crippen LogP contribution in [-0.2, 0) is 0 Å². The fourth-order valence-corrected chi connectivity index (χ4v) is 1.81. The van der Waals surface area contributed by atoms with Crippen LogP contribution in [0.5, 0.6) is 0 Å². The molecule has 1 aliphatic heterocycles. The fraction of sp³-hybridized carbons (Fsp3) is 0.500. The zero-order valence-electron chi connectivity index (χ0n) is 8.61. The van der Waals surface area contributed by atoms with Crippen molar-refractivity contribution in [2.24, 2.45) is 0 Å².